The van der Waals surface area contributed by atoms with Gasteiger partial charge in [0.15, 0.2) is 0 Å². The molecule has 0 amide bonds. The van der Waals surface area contributed by atoms with Crippen LogP contribution in [0.1, 0.15) is 17.0 Å². The van der Waals surface area contributed by atoms with Gasteiger partial charge in [-0.1, -0.05) is 30.3 Å². The van der Waals surface area contributed by atoms with Crippen LogP contribution in [0.2, 0.25) is 0 Å². The summed E-state index contributed by atoms with van der Waals surface area (Å²) in [6, 6.07) is 16.3. The second-order valence-corrected chi connectivity index (χ2v) is 5.61. The molecular weight excluding hydrogens is 303 g/mol. The maximum atomic E-state index is 12.9. The van der Waals surface area contributed by atoms with E-state index in [1.807, 2.05) is 44.2 Å². The van der Waals surface area contributed by atoms with Gasteiger partial charge in [0.1, 0.15) is 23.3 Å². The maximum absolute atomic E-state index is 12.9. The normalized spacial score (nSPS) is 10.5. The molecule has 2 N–H and O–H groups in total. The zero-order valence-corrected chi connectivity index (χ0v) is 13.7. The van der Waals surface area contributed by atoms with Crippen molar-refractivity contribution in [2.45, 2.75) is 20.4 Å². The molecule has 3 rings (SSSR count). The summed E-state index contributed by atoms with van der Waals surface area (Å²) in [5, 5.41) is 6.57. The van der Waals surface area contributed by atoms with Crippen molar-refractivity contribution >= 4 is 17.3 Å². The van der Waals surface area contributed by atoms with Gasteiger partial charge in [-0.15, -0.1) is 0 Å². The summed E-state index contributed by atoms with van der Waals surface area (Å²) in [5.41, 5.74) is 3.15. The molecule has 0 aliphatic heterocycles. The molecule has 0 unspecified atom stereocenters. The standard InChI is InChI=1S/C19H19FN4/c1-13-5-3-4-6-17(13)24-19-11-18(22-14(2)23-19)21-12-15-7-9-16(20)10-8-15/h3-11H,12H2,1-2H3,(H2,21,22,23,24). The van der Waals surface area contributed by atoms with Crippen molar-refractivity contribution < 1.29 is 4.39 Å². The summed E-state index contributed by atoms with van der Waals surface area (Å²) in [7, 11) is 0. The maximum Gasteiger partial charge on any atom is 0.136 e. The third-order valence-electron chi connectivity index (χ3n) is 3.63. The monoisotopic (exact) mass is 322 g/mol. The summed E-state index contributed by atoms with van der Waals surface area (Å²) < 4.78 is 12.9. The van der Waals surface area contributed by atoms with Gasteiger partial charge in [0, 0.05) is 18.3 Å². The Labute approximate surface area is 140 Å². The first-order chi connectivity index (χ1) is 11.6. The van der Waals surface area contributed by atoms with Gasteiger partial charge in [0.05, 0.1) is 0 Å². The first kappa shape index (κ1) is 15.9. The molecule has 3 aromatic rings. The molecule has 0 bridgehead atoms. The molecule has 1 heterocycles. The van der Waals surface area contributed by atoms with E-state index in [-0.39, 0.29) is 5.82 Å². The predicted octanol–water partition coefficient (Wildman–Crippen LogP) is 4.59. The topological polar surface area (TPSA) is 49.8 Å². The van der Waals surface area contributed by atoms with Gasteiger partial charge in [-0.05, 0) is 43.2 Å². The third kappa shape index (κ3) is 4.07. The fourth-order valence-corrected chi connectivity index (χ4v) is 2.37. The van der Waals surface area contributed by atoms with E-state index in [0.29, 0.717) is 12.4 Å². The molecule has 0 spiro atoms. The number of hydrogen-bond acceptors (Lipinski definition) is 4. The Kier molecular flexibility index (Phi) is 4.70. The number of nitrogens with one attached hydrogen (secondary N) is 2. The number of anilines is 3. The molecule has 4 nitrogen and oxygen atoms in total. The highest BCUT2D eigenvalue weighted by Crippen LogP contribution is 2.20. The second-order valence-electron chi connectivity index (χ2n) is 5.61. The lowest BCUT2D eigenvalue weighted by Gasteiger charge is -2.12. The smallest absolute Gasteiger partial charge is 0.136 e. The van der Waals surface area contributed by atoms with E-state index in [1.54, 1.807) is 12.1 Å². The van der Waals surface area contributed by atoms with Crippen molar-refractivity contribution in [3.63, 3.8) is 0 Å². The van der Waals surface area contributed by atoms with Gasteiger partial charge in [0.2, 0.25) is 0 Å². The Morgan fingerprint density at radius 2 is 1.62 bits per heavy atom. The first-order valence-electron chi connectivity index (χ1n) is 7.77. The van der Waals surface area contributed by atoms with Crippen LogP contribution in [0.25, 0.3) is 0 Å². The Balaban J connectivity index is 1.74. The number of aromatic nitrogens is 2. The van der Waals surface area contributed by atoms with Crippen LogP contribution in [0.15, 0.2) is 54.6 Å². The fraction of sp³-hybridized carbons (Fsp3) is 0.158. The van der Waals surface area contributed by atoms with Crippen LogP contribution in [0.5, 0.6) is 0 Å². The molecule has 2 aromatic carbocycles. The van der Waals surface area contributed by atoms with Gasteiger partial charge in [-0.2, -0.15) is 0 Å². The molecule has 0 radical (unpaired) electrons. The fourth-order valence-electron chi connectivity index (χ4n) is 2.37. The van der Waals surface area contributed by atoms with Crippen molar-refractivity contribution in [3.8, 4) is 0 Å². The van der Waals surface area contributed by atoms with Crippen LogP contribution >= 0.6 is 0 Å². The van der Waals surface area contributed by atoms with E-state index in [0.717, 1.165) is 28.5 Å². The lowest BCUT2D eigenvalue weighted by atomic mass is 10.2. The van der Waals surface area contributed by atoms with Gasteiger partial charge >= 0.3 is 0 Å². The molecule has 0 fully saturated rings. The van der Waals surface area contributed by atoms with E-state index in [1.165, 1.54) is 12.1 Å². The van der Waals surface area contributed by atoms with E-state index in [2.05, 4.69) is 20.6 Å². The van der Waals surface area contributed by atoms with Gasteiger partial charge in [-0.3, -0.25) is 0 Å². The number of aryl methyl sites for hydroxylation is 2. The van der Waals surface area contributed by atoms with Crippen LogP contribution in [0.4, 0.5) is 21.7 Å². The summed E-state index contributed by atoms with van der Waals surface area (Å²) in [6.07, 6.45) is 0. The Morgan fingerprint density at radius 3 is 2.38 bits per heavy atom. The number of nitrogens with zero attached hydrogens (tertiary/aromatic N) is 2. The molecule has 0 saturated carbocycles. The SMILES string of the molecule is Cc1nc(NCc2ccc(F)cc2)cc(Nc2ccccc2C)n1. The molecule has 0 saturated heterocycles. The quantitative estimate of drug-likeness (QED) is 0.721. The molecular formula is C19H19FN4. The summed E-state index contributed by atoms with van der Waals surface area (Å²) in [5.74, 6) is 1.90. The molecule has 0 aliphatic rings. The second kappa shape index (κ2) is 7.08. The minimum Gasteiger partial charge on any atom is -0.366 e. The first-order valence-corrected chi connectivity index (χ1v) is 7.77. The van der Waals surface area contributed by atoms with Crippen molar-refractivity contribution in [3.05, 3.63) is 77.4 Å². The Bertz CT molecular complexity index is 831. The van der Waals surface area contributed by atoms with Gasteiger partial charge in [0.25, 0.3) is 0 Å². The van der Waals surface area contributed by atoms with Crippen LogP contribution < -0.4 is 10.6 Å². The largest absolute Gasteiger partial charge is 0.366 e. The van der Waals surface area contributed by atoms with E-state index < -0.39 is 0 Å². The highest BCUT2D eigenvalue weighted by Gasteiger charge is 2.04. The highest BCUT2D eigenvalue weighted by atomic mass is 19.1. The minimum absolute atomic E-state index is 0.235. The van der Waals surface area contributed by atoms with Gasteiger partial charge in [-0.25, -0.2) is 14.4 Å². The third-order valence-corrected chi connectivity index (χ3v) is 3.63. The van der Waals surface area contributed by atoms with Crippen LogP contribution in [0.3, 0.4) is 0 Å². The van der Waals surface area contributed by atoms with E-state index in [9.17, 15) is 4.39 Å². The molecule has 1 aromatic heterocycles. The van der Waals surface area contributed by atoms with Crippen LogP contribution in [0, 0.1) is 19.7 Å². The molecule has 0 aliphatic carbocycles. The van der Waals surface area contributed by atoms with Crippen molar-refractivity contribution in [1.29, 1.82) is 0 Å². The average Bonchev–Trinajstić information content (AvgIpc) is 2.56. The van der Waals surface area contributed by atoms with Gasteiger partial charge < -0.3 is 10.6 Å². The number of para-hydroxylation sites is 1. The zero-order valence-electron chi connectivity index (χ0n) is 13.7. The van der Waals surface area contributed by atoms with E-state index in [4.69, 9.17) is 0 Å². The zero-order chi connectivity index (χ0) is 16.9. The van der Waals surface area contributed by atoms with Crippen molar-refractivity contribution in [2.75, 3.05) is 10.6 Å². The number of benzene rings is 2. The molecule has 5 heteroatoms. The summed E-state index contributed by atoms with van der Waals surface area (Å²) in [6.45, 7) is 4.47. The van der Waals surface area contributed by atoms with E-state index >= 15 is 0 Å². The number of hydrogen-bond donors (Lipinski definition) is 2. The average molecular weight is 322 g/mol. The molecule has 122 valence electrons. The highest BCUT2D eigenvalue weighted by molar-refractivity contribution is 5.62. The van der Waals surface area contributed by atoms with Crippen LogP contribution in [-0.2, 0) is 6.54 Å². The number of rotatable bonds is 5. The summed E-state index contributed by atoms with van der Waals surface area (Å²) in [4.78, 5) is 8.82. The molecule has 0 atom stereocenters. The predicted molar refractivity (Wildman–Crippen MR) is 95.0 cm³/mol. The molecule has 24 heavy (non-hydrogen) atoms. The van der Waals surface area contributed by atoms with Crippen molar-refractivity contribution in [1.82, 2.24) is 9.97 Å². The lowest BCUT2D eigenvalue weighted by Crippen LogP contribution is -2.05. The summed E-state index contributed by atoms with van der Waals surface area (Å²) >= 11 is 0. The minimum atomic E-state index is -0.235. The Morgan fingerprint density at radius 1 is 0.917 bits per heavy atom. The Hall–Kier alpha value is -2.95. The van der Waals surface area contributed by atoms with Crippen molar-refractivity contribution in [2.24, 2.45) is 0 Å². The van der Waals surface area contributed by atoms with Crippen LogP contribution in [-0.4, -0.2) is 9.97 Å². The lowest BCUT2D eigenvalue weighted by molar-refractivity contribution is 0.627. The number of halogens is 1.